The van der Waals surface area contributed by atoms with Gasteiger partial charge < -0.3 is 18.2 Å². The Balaban J connectivity index is 1.12. The molecule has 8 aromatic carbocycles. The van der Waals surface area contributed by atoms with Crippen LogP contribution in [0.5, 0.6) is 0 Å². The van der Waals surface area contributed by atoms with E-state index in [0.29, 0.717) is 0 Å². The van der Waals surface area contributed by atoms with Gasteiger partial charge in [0, 0.05) is 58.7 Å². The van der Waals surface area contributed by atoms with Gasteiger partial charge in [0.2, 0.25) is 0 Å². The van der Waals surface area contributed by atoms with Gasteiger partial charge in [-0.05, 0) is 169 Å². The minimum atomic E-state index is -0.168. The highest BCUT2D eigenvalue weighted by molar-refractivity contribution is 7.32. The lowest BCUT2D eigenvalue weighted by molar-refractivity contribution is 0.332. The summed E-state index contributed by atoms with van der Waals surface area (Å²) < 4.78 is 20.0. The molecule has 4 aromatic heterocycles. The summed E-state index contributed by atoms with van der Waals surface area (Å²) in [5.74, 6) is 0. The van der Waals surface area contributed by atoms with E-state index < -0.39 is 0 Å². The molecular formula is C70H63BN2O2S. The van der Waals surface area contributed by atoms with Crippen LogP contribution in [0, 0.1) is 0 Å². The van der Waals surface area contributed by atoms with Gasteiger partial charge in [0.05, 0.1) is 22.1 Å². The van der Waals surface area contributed by atoms with Crippen LogP contribution >= 0.6 is 11.3 Å². The summed E-state index contributed by atoms with van der Waals surface area (Å²) in [7, 11) is 0. The fourth-order valence-electron chi connectivity index (χ4n) is 14.9. The first kappa shape index (κ1) is 45.2. The van der Waals surface area contributed by atoms with Crippen molar-refractivity contribution in [3.8, 4) is 27.9 Å². The first-order valence-corrected chi connectivity index (χ1v) is 28.7. The van der Waals surface area contributed by atoms with Crippen molar-refractivity contribution in [1.82, 2.24) is 4.57 Å². The fraction of sp³-hybridized carbons (Fsp3) is 0.286. The van der Waals surface area contributed by atoms with Gasteiger partial charge >= 0.3 is 6.85 Å². The zero-order valence-corrected chi connectivity index (χ0v) is 46.5. The number of anilines is 2. The molecule has 4 aliphatic rings. The van der Waals surface area contributed by atoms with Crippen LogP contribution in [-0.4, -0.2) is 11.4 Å². The summed E-state index contributed by atoms with van der Waals surface area (Å²) in [6, 6.07) is 51.5. The lowest BCUT2D eigenvalue weighted by Crippen LogP contribution is -2.59. The summed E-state index contributed by atoms with van der Waals surface area (Å²) in [6.07, 6.45) is 4.60. The minimum Gasteiger partial charge on any atom is -0.456 e. The number of para-hydroxylation sites is 1. The molecule has 12 aromatic rings. The zero-order valence-electron chi connectivity index (χ0n) is 45.7. The number of furan rings is 2. The average Bonchev–Trinajstić information content (AvgIpc) is 4.01. The maximum absolute atomic E-state index is 7.44. The average molecular weight is 1010 g/mol. The second kappa shape index (κ2) is 14.5. The third-order valence-corrected chi connectivity index (χ3v) is 20.6. The van der Waals surface area contributed by atoms with Crippen LogP contribution in [0.15, 0.2) is 142 Å². The molecule has 0 radical (unpaired) electrons. The predicted molar refractivity (Wildman–Crippen MR) is 324 cm³/mol. The van der Waals surface area contributed by atoms with Crippen molar-refractivity contribution in [2.24, 2.45) is 0 Å². The van der Waals surface area contributed by atoms with Gasteiger partial charge in [0.15, 0.2) is 0 Å². The van der Waals surface area contributed by atoms with Crippen molar-refractivity contribution in [3.05, 3.63) is 161 Å². The molecule has 6 heteroatoms. The number of nitrogens with zero attached hydrogens (tertiary/aromatic N) is 2. The Labute approximate surface area is 449 Å². The smallest absolute Gasteiger partial charge is 0.343 e. The van der Waals surface area contributed by atoms with Crippen molar-refractivity contribution in [2.75, 3.05) is 4.81 Å². The zero-order chi connectivity index (χ0) is 51.9. The molecule has 0 spiro atoms. The second-order valence-corrected chi connectivity index (χ2v) is 28.0. The Morgan fingerprint density at radius 2 is 1.14 bits per heavy atom. The van der Waals surface area contributed by atoms with Gasteiger partial charge in [-0.25, -0.2) is 0 Å². The Morgan fingerprint density at radius 1 is 0.526 bits per heavy atom. The second-order valence-electron chi connectivity index (χ2n) is 26.9. The number of hydrogen-bond donors (Lipinski definition) is 0. The van der Waals surface area contributed by atoms with E-state index in [1.54, 1.807) is 0 Å². The fourth-order valence-corrected chi connectivity index (χ4v) is 16.1. The van der Waals surface area contributed by atoms with Crippen molar-refractivity contribution < 1.29 is 8.83 Å². The van der Waals surface area contributed by atoms with Gasteiger partial charge in [-0.15, -0.1) is 11.3 Å². The molecular weight excluding hydrogens is 944 g/mol. The van der Waals surface area contributed by atoms with Gasteiger partial charge in [0.1, 0.15) is 22.3 Å². The normalized spacial score (nSPS) is 17.8. The summed E-state index contributed by atoms with van der Waals surface area (Å²) >= 11 is 1.98. The summed E-state index contributed by atoms with van der Waals surface area (Å²) in [4.78, 5) is 2.73. The molecule has 0 bridgehead atoms. The van der Waals surface area contributed by atoms with Crippen LogP contribution in [0.2, 0.25) is 0 Å². The number of fused-ring (bicyclic) bond motifs is 20. The predicted octanol–water partition coefficient (Wildman–Crippen LogP) is 18.7. The topological polar surface area (TPSA) is 34.5 Å². The minimum absolute atomic E-state index is 0.00240. The van der Waals surface area contributed by atoms with Crippen molar-refractivity contribution in [2.45, 2.75) is 129 Å². The lowest BCUT2D eigenvalue weighted by Gasteiger charge is -2.42. The molecule has 0 saturated heterocycles. The number of hydrogen-bond acceptors (Lipinski definition) is 4. The van der Waals surface area contributed by atoms with E-state index in [1.165, 1.54) is 120 Å². The van der Waals surface area contributed by atoms with Crippen LogP contribution in [0.25, 0.3) is 104 Å². The van der Waals surface area contributed by atoms with Crippen molar-refractivity contribution in [1.29, 1.82) is 0 Å². The van der Waals surface area contributed by atoms with E-state index in [1.807, 2.05) is 11.3 Å². The van der Waals surface area contributed by atoms with Crippen LogP contribution in [0.1, 0.15) is 130 Å². The maximum atomic E-state index is 7.44. The summed E-state index contributed by atoms with van der Waals surface area (Å²) in [5.41, 5.74) is 23.4. The first-order valence-electron chi connectivity index (χ1n) is 27.9. The lowest BCUT2D eigenvalue weighted by atomic mass is 9.47. The van der Waals surface area contributed by atoms with E-state index in [2.05, 4.69) is 219 Å². The molecule has 2 aliphatic heterocycles. The molecule has 0 saturated carbocycles. The Bertz CT molecular complexity index is 4570. The largest absolute Gasteiger partial charge is 0.456 e. The highest BCUT2D eigenvalue weighted by atomic mass is 32.1. The SMILES string of the molecule is CC(C)(C)c1ccc(N2B3c4sc5ccc(-c6ccccc6)cc5c4-n4c5cc6c(cc5c5c7oc8ccccc8c7c(c3c54)-c3cc4oc5cc7c(cc5c4cc32)C(C)(C)CCC7(C)C)C(C)(C)CCC6(C)C)cc1. The van der Waals surface area contributed by atoms with Gasteiger partial charge in [-0.1, -0.05) is 143 Å². The van der Waals surface area contributed by atoms with Crippen LogP contribution in [0.3, 0.4) is 0 Å². The first-order chi connectivity index (χ1) is 36.3. The maximum Gasteiger partial charge on any atom is 0.343 e. The number of benzene rings is 8. The van der Waals surface area contributed by atoms with Crippen molar-refractivity contribution >= 4 is 116 Å². The van der Waals surface area contributed by atoms with E-state index in [-0.39, 0.29) is 33.9 Å². The third kappa shape index (κ3) is 5.87. The van der Waals surface area contributed by atoms with E-state index >= 15 is 0 Å². The molecule has 0 fully saturated rings. The van der Waals surface area contributed by atoms with Crippen LogP contribution in [-0.2, 0) is 27.1 Å². The third-order valence-electron chi connectivity index (χ3n) is 19.4. The molecule has 4 nitrogen and oxygen atoms in total. The number of aromatic nitrogens is 1. The molecule has 0 atom stereocenters. The molecule has 2 aliphatic carbocycles. The quantitative estimate of drug-likeness (QED) is 0.162. The monoisotopic (exact) mass is 1010 g/mol. The number of rotatable bonds is 2. The molecule has 16 rings (SSSR count). The highest BCUT2D eigenvalue weighted by Gasteiger charge is 2.49. The van der Waals surface area contributed by atoms with Gasteiger partial charge in [-0.2, -0.15) is 0 Å². The van der Waals surface area contributed by atoms with E-state index in [0.717, 1.165) is 58.8 Å². The Morgan fingerprint density at radius 3 is 1.84 bits per heavy atom. The molecule has 0 amide bonds. The van der Waals surface area contributed by atoms with Crippen LogP contribution < -0.4 is 15.1 Å². The summed E-state index contributed by atoms with van der Waals surface area (Å²) in [6.45, 7) is 26.3. The van der Waals surface area contributed by atoms with Gasteiger partial charge in [0.25, 0.3) is 0 Å². The van der Waals surface area contributed by atoms with Crippen molar-refractivity contribution in [3.63, 3.8) is 0 Å². The molecule has 6 heterocycles. The standard InChI is InChI=1S/C70H63BN2O2S/c1-66(2,3)40-22-24-41(25-23-40)73-53-34-44-43-32-48-51(70(10,11)30-28-67(48,4)5)37-56(43)74-55(44)35-46(53)58-59-42-19-15-16-20-54(42)75-64(59)60-45-33-49-50(69(8,9)29-27-68(49,6)7)36-52(45)72-62-47-31-39(38-17-13-12-14-18-38)21-26-57(47)76-65(62)71(73)61(58)63(60)72/h12-26,31-37H,27-30H2,1-11H3. The van der Waals surface area contributed by atoms with Crippen LogP contribution in [0.4, 0.5) is 11.4 Å². The highest BCUT2D eigenvalue weighted by Crippen LogP contribution is 2.57. The summed E-state index contributed by atoms with van der Waals surface area (Å²) in [5, 5.41) is 8.46. The molecule has 374 valence electrons. The Kier molecular flexibility index (Phi) is 8.63. The molecule has 0 unspecified atom stereocenters. The van der Waals surface area contributed by atoms with Gasteiger partial charge in [-0.3, -0.25) is 0 Å². The number of thiophene rings is 1. The Hall–Kier alpha value is -7.02. The van der Waals surface area contributed by atoms with E-state index in [4.69, 9.17) is 8.83 Å². The van der Waals surface area contributed by atoms with E-state index in [9.17, 15) is 0 Å². The molecule has 0 N–H and O–H groups in total. The molecule has 76 heavy (non-hydrogen) atoms.